The van der Waals surface area contributed by atoms with Gasteiger partial charge in [0.25, 0.3) is 5.91 Å². The number of ether oxygens (including phenoxy) is 4. The average Bonchev–Trinajstić information content (AvgIpc) is 2.87. The van der Waals surface area contributed by atoms with Gasteiger partial charge in [-0.2, -0.15) is 4.31 Å². The molecule has 0 fully saturated rings. The molecule has 2 aromatic rings. The summed E-state index contributed by atoms with van der Waals surface area (Å²) in [6.07, 6.45) is -1.55. The molecule has 12 nitrogen and oxygen atoms in total. The Morgan fingerprint density at radius 2 is 1.55 bits per heavy atom. The summed E-state index contributed by atoms with van der Waals surface area (Å²) in [5.74, 6) is -2.38. The number of hydrogen-bond donors (Lipinski definition) is 2. The van der Waals surface area contributed by atoms with E-state index in [9.17, 15) is 32.4 Å². The molecule has 0 saturated heterocycles. The molecule has 2 N–H and O–H groups in total. The Labute approximate surface area is 219 Å². The number of amides is 1. The molecule has 0 heterocycles. The Morgan fingerprint density at radius 3 is 2.08 bits per heavy atom. The summed E-state index contributed by atoms with van der Waals surface area (Å²) >= 11 is 0. The van der Waals surface area contributed by atoms with Crippen LogP contribution in [-0.2, 0) is 33.8 Å². The van der Waals surface area contributed by atoms with Crippen LogP contribution in [0.25, 0.3) is 0 Å². The summed E-state index contributed by atoms with van der Waals surface area (Å²) in [5.41, 5.74) is 1.46. The number of hydroxylamine groups is 1. The highest BCUT2D eigenvalue weighted by Gasteiger charge is 2.38. The molecule has 38 heavy (non-hydrogen) atoms. The number of sulfonamides is 1. The number of hydrogen-bond acceptors (Lipinski definition) is 10. The van der Waals surface area contributed by atoms with Gasteiger partial charge in [-0.25, -0.2) is 23.1 Å². The fourth-order valence-electron chi connectivity index (χ4n) is 3.27. The smallest absolute Gasteiger partial charge is 0.457 e. The van der Waals surface area contributed by atoms with Gasteiger partial charge in [-0.3, -0.25) is 14.8 Å². The average molecular weight is 557 g/mol. The minimum atomic E-state index is -4.39. The van der Waals surface area contributed by atoms with Gasteiger partial charge in [-0.1, -0.05) is 13.8 Å². The second kappa shape index (κ2) is 14.3. The fraction of sp³-hybridized carbons (Fsp3) is 0.375. The number of esters is 1. The number of carbonyl (C=O) groups excluding carboxylic acids is 3. The molecule has 0 spiro atoms. The summed E-state index contributed by atoms with van der Waals surface area (Å²) in [6.45, 7) is 3.50. The molecule has 1 atom stereocenters. The Kier molecular flexibility index (Phi) is 11.4. The molecule has 1 unspecified atom stereocenters. The van der Waals surface area contributed by atoms with Crippen molar-refractivity contribution in [3.63, 3.8) is 0 Å². The van der Waals surface area contributed by atoms with Crippen LogP contribution in [0.1, 0.15) is 27.2 Å². The van der Waals surface area contributed by atoms with Crippen molar-refractivity contribution in [2.45, 2.75) is 38.1 Å². The van der Waals surface area contributed by atoms with Crippen molar-refractivity contribution in [1.82, 2.24) is 9.79 Å². The normalized spacial score (nSPS) is 12.1. The summed E-state index contributed by atoms with van der Waals surface area (Å²) in [7, 11) is -4.39. The number of nitrogens with one attached hydrogen (secondary N) is 1. The first-order valence-electron chi connectivity index (χ1n) is 11.4. The van der Waals surface area contributed by atoms with Gasteiger partial charge in [0.05, 0.1) is 17.9 Å². The van der Waals surface area contributed by atoms with Crippen LogP contribution >= 0.6 is 0 Å². The third kappa shape index (κ3) is 8.68. The van der Waals surface area contributed by atoms with E-state index in [0.717, 1.165) is 4.31 Å². The van der Waals surface area contributed by atoms with Gasteiger partial charge in [-0.15, -0.1) is 0 Å². The number of rotatable bonds is 13. The molecule has 0 saturated carbocycles. The van der Waals surface area contributed by atoms with Gasteiger partial charge < -0.3 is 18.9 Å². The molecule has 208 valence electrons. The molecule has 0 bridgehead atoms. The quantitative estimate of drug-likeness (QED) is 0.162. The van der Waals surface area contributed by atoms with E-state index in [0.29, 0.717) is 5.75 Å². The summed E-state index contributed by atoms with van der Waals surface area (Å²) < 4.78 is 60.3. The fourth-order valence-corrected chi connectivity index (χ4v) is 4.99. The van der Waals surface area contributed by atoms with E-state index >= 15 is 0 Å². The monoisotopic (exact) mass is 556 g/mol. The zero-order valence-electron chi connectivity index (χ0n) is 21.0. The first kappa shape index (κ1) is 30.5. The van der Waals surface area contributed by atoms with E-state index < -0.39 is 65.6 Å². The molecule has 0 aliphatic rings. The van der Waals surface area contributed by atoms with Gasteiger partial charge in [-0.05, 0) is 61.4 Å². The third-order valence-corrected chi connectivity index (χ3v) is 6.89. The van der Waals surface area contributed by atoms with E-state index in [2.05, 4.69) is 9.47 Å². The van der Waals surface area contributed by atoms with E-state index in [4.69, 9.17) is 9.47 Å². The maximum atomic E-state index is 13.5. The predicted molar refractivity (Wildman–Crippen MR) is 129 cm³/mol. The minimum absolute atomic E-state index is 0.0580. The van der Waals surface area contributed by atoms with Crippen LogP contribution in [0.15, 0.2) is 53.4 Å². The van der Waals surface area contributed by atoms with Crippen molar-refractivity contribution in [2.75, 3.05) is 19.9 Å². The molecule has 14 heteroatoms. The van der Waals surface area contributed by atoms with E-state index in [1.165, 1.54) is 54.0 Å². The second-order valence-corrected chi connectivity index (χ2v) is 9.91. The van der Waals surface area contributed by atoms with Crippen LogP contribution in [0, 0.1) is 11.7 Å². The van der Waals surface area contributed by atoms with Crippen molar-refractivity contribution in [3.8, 4) is 11.5 Å². The Hall–Kier alpha value is -3.75. The van der Waals surface area contributed by atoms with Gasteiger partial charge in [0.15, 0.2) is 0 Å². The number of nitrogens with zero attached hydrogens (tertiary/aromatic N) is 1. The van der Waals surface area contributed by atoms with Crippen molar-refractivity contribution < 1.29 is 51.3 Å². The lowest BCUT2D eigenvalue weighted by atomic mass is 10.0. The van der Waals surface area contributed by atoms with Crippen molar-refractivity contribution in [1.29, 1.82) is 0 Å². The third-order valence-electron chi connectivity index (χ3n) is 5.00. The minimum Gasteiger partial charge on any atom is -0.457 e. The molecule has 0 aliphatic heterocycles. The zero-order valence-corrected chi connectivity index (χ0v) is 21.8. The SMILES string of the molecule is CCOC(=O)OCOC(=O)CCN(C(C(=O)NO)C(C)C)S(=O)(=O)c1ccc(Oc2ccc(F)cc2)cc1. The molecular formula is C24H29FN2O10S. The van der Waals surface area contributed by atoms with Crippen LogP contribution in [0.5, 0.6) is 11.5 Å². The van der Waals surface area contributed by atoms with E-state index in [-0.39, 0.29) is 17.3 Å². The van der Waals surface area contributed by atoms with Crippen LogP contribution in [0.4, 0.5) is 9.18 Å². The van der Waals surface area contributed by atoms with Crippen molar-refractivity contribution in [3.05, 3.63) is 54.3 Å². The lowest BCUT2D eigenvalue weighted by Crippen LogP contribution is -2.52. The Bertz CT molecular complexity index is 1190. The first-order chi connectivity index (χ1) is 18.0. The molecule has 2 aromatic carbocycles. The largest absolute Gasteiger partial charge is 0.511 e. The van der Waals surface area contributed by atoms with Gasteiger partial charge >= 0.3 is 12.1 Å². The maximum absolute atomic E-state index is 13.5. The molecule has 0 aromatic heterocycles. The maximum Gasteiger partial charge on any atom is 0.511 e. The molecule has 0 radical (unpaired) electrons. The van der Waals surface area contributed by atoms with Crippen LogP contribution in [0.3, 0.4) is 0 Å². The Balaban J connectivity index is 2.22. The molecular weight excluding hydrogens is 527 g/mol. The van der Waals surface area contributed by atoms with Crippen LogP contribution < -0.4 is 10.2 Å². The van der Waals surface area contributed by atoms with Crippen molar-refractivity contribution in [2.24, 2.45) is 5.92 Å². The van der Waals surface area contributed by atoms with Gasteiger partial charge in [0.1, 0.15) is 23.4 Å². The number of benzene rings is 2. The van der Waals surface area contributed by atoms with E-state index in [1.54, 1.807) is 20.8 Å². The molecule has 0 aliphatic carbocycles. The first-order valence-corrected chi connectivity index (χ1v) is 12.9. The van der Waals surface area contributed by atoms with E-state index in [1.807, 2.05) is 0 Å². The highest BCUT2D eigenvalue weighted by Crippen LogP contribution is 2.27. The van der Waals surface area contributed by atoms with Crippen LogP contribution in [0.2, 0.25) is 0 Å². The zero-order chi connectivity index (χ0) is 28.3. The standard InChI is InChI=1S/C24H29FN2O10S/c1-4-34-24(30)36-15-35-21(28)13-14-27(22(16(2)3)23(29)26-31)38(32,33)20-11-9-19(10-12-20)37-18-7-5-17(25)6-8-18/h5-12,16,22,31H,4,13-15H2,1-3H3,(H,26,29). The number of carbonyl (C=O) groups is 3. The summed E-state index contributed by atoms with van der Waals surface area (Å²) in [6, 6.07) is 9.04. The summed E-state index contributed by atoms with van der Waals surface area (Å²) in [4.78, 5) is 35.5. The molecule has 2 rings (SSSR count). The predicted octanol–water partition coefficient (Wildman–Crippen LogP) is 3.20. The highest BCUT2D eigenvalue weighted by atomic mass is 32.2. The van der Waals surface area contributed by atoms with Gasteiger partial charge in [0, 0.05) is 6.54 Å². The van der Waals surface area contributed by atoms with Crippen molar-refractivity contribution >= 4 is 28.1 Å². The highest BCUT2D eigenvalue weighted by molar-refractivity contribution is 7.89. The second-order valence-electron chi connectivity index (χ2n) is 8.02. The topological polar surface area (TPSA) is 158 Å². The lowest BCUT2D eigenvalue weighted by molar-refractivity contribution is -0.153. The summed E-state index contributed by atoms with van der Waals surface area (Å²) in [5, 5.41) is 9.21. The number of halogens is 1. The molecule has 1 amide bonds. The Morgan fingerprint density at radius 1 is 0.974 bits per heavy atom. The van der Waals surface area contributed by atoms with Crippen LogP contribution in [-0.4, -0.2) is 61.9 Å². The lowest BCUT2D eigenvalue weighted by Gasteiger charge is -2.31. The van der Waals surface area contributed by atoms with Gasteiger partial charge in [0.2, 0.25) is 16.8 Å².